The lowest BCUT2D eigenvalue weighted by Gasteiger charge is -2.10. The first-order valence-electron chi connectivity index (χ1n) is 9.92. The summed E-state index contributed by atoms with van der Waals surface area (Å²) in [5, 5.41) is 2.57. The lowest BCUT2D eigenvalue weighted by molar-refractivity contribution is -0.137. The van der Waals surface area contributed by atoms with E-state index >= 15 is 0 Å². The number of nitrogens with zero attached hydrogens (tertiary/aromatic N) is 3. The third kappa shape index (κ3) is 3.51. The van der Waals surface area contributed by atoms with Crippen LogP contribution in [-0.2, 0) is 6.18 Å². The fraction of sp³-hybridized carbons (Fsp3) is 0.0870. The molecule has 0 aliphatic heterocycles. The van der Waals surface area contributed by atoms with Crippen molar-refractivity contribution in [3.63, 3.8) is 0 Å². The predicted molar refractivity (Wildman–Crippen MR) is 117 cm³/mol. The minimum absolute atomic E-state index is 0.0328. The third-order valence-corrected chi connectivity index (χ3v) is 5.39. The quantitative estimate of drug-likeness (QED) is 0.343. The molecule has 2 aromatic carbocycles. The fourth-order valence-electron chi connectivity index (χ4n) is 3.75. The van der Waals surface area contributed by atoms with Gasteiger partial charge in [0.2, 0.25) is 0 Å². The van der Waals surface area contributed by atoms with Gasteiger partial charge >= 0.3 is 6.18 Å². The number of fused-ring (bicyclic) bond motifs is 2. The Morgan fingerprint density at radius 1 is 1.18 bits per heavy atom. The summed E-state index contributed by atoms with van der Waals surface area (Å²) in [6.45, 7) is 1.82. The van der Waals surface area contributed by atoms with Crippen LogP contribution >= 0.6 is 0 Å². The number of nitrogen functional groups attached to an aromatic ring is 1. The van der Waals surface area contributed by atoms with Crippen molar-refractivity contribution in [2.24, 2.45) is 0 Å². The summed E-state index contributed by atoms with van der Waals surface area (Å²) in [6, 6.07) is 6.76. The summed E-state index contributed by atoms with van der Waals surface area (Å²) in [4.78, 5) is 21.4. The van der Waals surface area contributed by atoms with Crippen LogP contribution < -0.4 is 11.1 Å². The van der Waals surface area contributed by atoms with Gasteiger partial charge in [0.05, 0.1) is 16.8 Å². The van der Waals surface area contributed by atoms with E-state index in [9.17, 15) is 22.4 Å². The Balaban J connectivity index is 1.51. The molecule has 0 atom stereocenters. The Morgan fingerprint density at radius 3 is 2.74 bits per heavy atom. The minimum Gasteiger partial charge on any atom is -0.463 e. The van der Waals surface area contributed by atoms with E-state index in [-0.39, 0.29) is 5.56 Å². The molecule has 0 radical (unpaired) electrons. The molecule has 0 aliphatic rings. The standard InChI is InChI=1S/C23H15F4N5O2/c1-11-30-19(20-21(28)29-6-7-32(11)20)12-2-4-14-15(10-34-18(14)8-12)22(33)31-17-9-13(23(25,26)27)3-5-16(17)24/h2-10H,1H3,(H2,28,29)(H,31,33). The Bertz CT molecular complexity index is 1590. The molecule has 0 saturated heterocycles. The number of aromatic nitrogens is 3. The molecule has 3 aromatic heterocycles. The molecule has 3 N–H and O–H groups in total. The SMILES string of the molecule is Cc1nc(-c2ccc3c(C(=O)Nc4cc(C(F)(F)F)ccc4F)coc3c2)c2c(N)nccn12. The zero-order chi connectivity index (χ0) is 24.2. The largest absolute Gasteiger partial charge is 0.463 e. The average molecular weight is 469 g/mol. The first-order chi connectivity index (χ1) is 16.1. The van der Waals surface area contributed by atoms with E-state index in [2.05, 4.69) is 15.3 Å². The molecule has 34 heavy (non-hydrogen) atoms. The number of furan rings is 1. The van der Waals surface area contributed by atoms with Crippen LogP contribution in [0.5, 0.6) is 0 Å². The van der Waals surface area contributed by atoms with E-state index < -0.39 is 29.2 Å². The summed E-state index contributed by atoms with van der Waals surface area (Å²) >= 11 is 0. The van der Waals surface area contributed by atoms with Gasteiger partial charge < -0.3 is 15.5 Å². The molecule has 0 unspecified atom stereocenters. The van der Waals surface area contributed by atoms with E-state index in [1.165, 1.54) is 0 Å². The number of carbonyl (C=O) groups excluding carboxylic acids is 1. The maximum absolute atomic E-state index is 14.0. The average Bonchev–Trinajstić information content (AvgIpc) is 3.36. The van der Waals surface area contributed by atoms with E-state index in [1.54, 1.807) is 35.0 Å². The molecule has 0 saturated carbocycles. The molecule has 5 rings (SSSR count). The van der Waals surface area contributed by atoms with Gasteiger partial charge in [0.25, 0.3) is 5.91 Å². The van der Waals surface area contributed by atoms with Gasteiger partial charge in [0.15, 0.2) is 0 Å². The van der Waals surface area contributed by atoms with Gasteiger partial charge in [-0.25, -0.2) is 14.4 Å². The molecular weight excluding hydrogens is 454 g/mol. The van der Waals surface area contributed by atoms with Gasteiger partial charge in [0, 0.05) is 23.3 Å². The number of hydrogen-bond donors (Lipinski definition) is 2. The molecule has 0 spiro atoms. The van der Waals surface area contributed by atoms with E-state index in [4.69, 9.17) is 10.2 Å². The second-order valence-electron chi connectivity index (χ2n) is 7.55. The summed E-state index contributed by atoms with van der Waals surface area (Å²) in [5.74, 6) is -0.825. The van der Waals surface area contributed by atoms with Crippen molar-refractivity contribution in [2.75, 3.05) is 11.1 Å². The smallest absolute Gasteiger partial charge is 0.416 e. The highest BCUT2D eigenvalue weighted by Crippen LogP contribution is 2.34. The number of anilines is 2. The van der Waals surface area contributed by atoms with Crippen LogP contribution in [0.3, 0.4) is 0 Å². The lowest BCUT2D eigenvalue weighted by Crippen LogP contribution is -2.14. The highest BCUT2D eigenvalue weighted by atomic mass is 19.4. The summed E-state index contributed by atoms with van der Waals surface area (Å²) in [5.41, 5.74) is 6.57. The van der Waals surface area contributed by atoms with Crippen LogP contribution in [0.25, 0.3) is 27.7 Å². The van der Waals surface area contributed by atoms with Gasteiger partial charge in [-0.05, 0) is 37.3 Å². The molecule has 11 heteroatoms. The normalized spacial score (nSPS) is 11.9. The number of carbonyl (C=O) groups is 1. The van der Waals surface area contributed by atoms with Crippen molar-refractivity contribution < 1.29 is 26.8 Å². The first-order valence-corrected chi connectivity index (χ1v) is 9.92. The summed E-state index contributed by atoms with van der Waals surface area (Å²) in [6.07, 6.45) is -0.227. The number of aryl methyl sites for hydroxylation is 1. The van der Waals surface area contributed by atoms with Crippen molar-refractivity contribution in [1.82, 2.24) is 14.4 Å². The summed E-state index contributed by atoms with van der Waals surface area (Å²) in [7, 11) is 0. The molecule has 5 aromatic rings. The Labute approximate surface area is 188 Å². The number of halogens is 4. The maximum Gasteiger partial charge on any atom is 0.416 e. The zero-order valence-corrected chi connectivity index (χ0v) is 17.4. The zero-order valence-electron chi connectivity index (χ0n) is 17.4. The topological polar surface area (TPSA) is 98.5 Å². The molecule has 0 aliphatic carbocycles. The number of rotatable bonds is 3. The highest BCUT2D eigenvalue weighted by Gasteiger charge is 2.31. The van der Waals surface area contributed by atoms with Crippen molar-refractivity contribution in [1.29, 1.82) is 0 Å². The number of imidazole rings is 1. The number of benzene rings is 2. The van der Waals surface area contributed by atoms with Crippen molar-refractivity contribution in [3.8, 4) is 11.3 Å². The van der Waals surface area contributed by atoms with Crippen LogP contribution in [0, 0.1) is 12.7 Å². The monoisotopic (exact) mass is 469 g/mol. The van der Waals surface area contributed by atoms with Crippen molar-refractivity contribution in [3.05, 3.63) is 77.8 Å². The predicted octanol–water partition coefficient (Wildman–Crippen LogP) is 5.44. The second kappa shape index (κ2) is 7.58. The number of hydrogen-bond acceptors (Lipinski definition) is 5. The Morgan fingerprint density at radius 2 is 1.97 bits per heavy atom. The minimum atomic E-state index is -4.68. The molecule has 0 fully saturated rings. The number of nitrogens with two attached hydrogens (primary N) is 1. The second-order valence-corrected chi connectivity index (χ2v) is 7.55. The van der Waals surface area contributed by atoms with Crippen molar-refractivity contribution >= 4 is 33.9 Å². The summed E-state index contributed by atoms with van der Waals surface area (Å²) < 4.78 is 60.2. The van der Waals surface area contributed by atoms with Gasteiger partial charge in [0.1, 0.15) is 40.5 Å². The molecule has 172 valence electrons. The van der Waals surface area contributed by atoms with Gasteiger partial charge in [-0.2, -0.15) is 13.2 Å². The van der Waals surface area contributed by atoms with Crippen LogP contribution in [0.1, 0.15) is 21.7 Å². The third-order valence-electron chi connectivity index (χ3n) is 5.39. The lowest BCUT2D eigenvalue weighted by atomic mass is 10.1. The maximum atomic E-state index is 14.0. The van der Waals surface area contributed by atoms with Crippen molar-refractivity contribution in [2.45, 2.75) is 13.1 Å². The van der Waals surface area contributed by atoms with Gasteiger partial charge in [-0.3, -0.25) is 9.20 Å². The van der Waals surface area contributed by atoms with Crippen LogP contribution in [0.2, 0.25) is 0 Å². The Kier molecular flexibility index (Phi) is 4.78. The first kappa shape index (κ1) is 21.4. The fourth-order valence-corrected chi connectivity index (χ4v) is 3.75. The Hall–Kier alpha value is -4.41. The van der Waals surface area contributed by atoms with Gasteiger partial charge in [-0.1, -0.05) is 6.07 Å². The number of alkyl halides is 3. The van der Waals surface area contributed by atoms with E-state index in [0.717, 1.165) is 6.26 Å². The highest BCUT2D eigenvalue weighted by molar-refractivity contribution is 6.12. The van der Waals surface area contributed by atoms with E-state index in [0.29, 0.717) is 57.6 Å². The van der Waals surface area contributed by atoms with Crippen LogP contribution in [0.15, 0.2) is 59.5 Å². The van der Waals surface area contributed by atoms with Crippen LogP contribution in [-0.4, -0.2) is 20.3 Å². The van der Waals surface area contributed by atoms with Crippen LogP contribution in [0.4, 0.5) is 29.1 Å². The number of amides is 1. The van der Waals surface area contributed by atoms with E-state index in [1.807, 2.05) is 6.92 Å². The van der Waals surface area contributed by atoms with Gasteiger partial charge in [-0.15, -0.1) is 0 Å². The molecule has 1 amide bonds. The molecule has 0 bridgehead atoms. The molecular formula is C23H15F4N5O2. The molecule has 3 heterocycles. The number of nitrogens with one attached hydrogen (secondary N) is 1. The molecule has 7 nitrogen and oxygen atoms in total.